The number of rotatable bonds is 25. The van der Waals surface area contributed by atoms with Crippen molar-refractivity contribution in [1.29, 1.82) is 0 Å². The molecule has 0 aromatic heterocycles. The molecule has 0 aromatic rings. The van der Waals surface area contributed by atoms with Crippen LogP contribution in [0.2, 0.25) is 0 Å². The highest BCUT2D eigenvalue weighted by Gasteiger charge is 2.29. The third-order valence-corrected chi connectivity index (χ3v) is 7.19. The van der Waals surface area contributed by atoms with E-state index in [0.717, 1.165) is 0 Å². The maximum absolute atomic E-state index is 13.5. The summed E-state index contributed by atoms with van der Waals surface area (Å²) in [5, 5.41) is 10.6. The Hall–Kier alpha value is -3.94. The molecule has 0 aromatic carbocycles. The van der Waals surface area contributed by atoms with E-state index in [2.05, 4.69) is 21.3 Å². The van der Waals surface area contributed by atoms with E-state index in [1.54, 1.807) is 0 Å². The second kappa shape index (κ2) is 21.7. The van der Waals surface area contributed by atoms with Crippen molar-refractivity contribution in [2.75, 3.05) is 0 Å². The average Bonchev–Trinajstić information content (AvgIpc) is 2.91. The van der Waals surface area contributed by atoms with Gasteiger partial charge in [-0.05, 0) is 74.1 Å². The molecule has 258 valence electrons. The lowest BCUT2D eigenvalue weighted by atomic mass is 10.0. The first-order valence-corrected chi connectivity index (χ1v) is 15.5. The van der Waals surface area contributed by atoms with Crippen LogP contribution in [0.15, 0.2) is 0 Å². The van der Waals surface area contributed by atoms with E-state index in [1.165, 1.54) is 48.5 Å². The van der Waals surface area contributed by atoms with Gasteiger partial charge in [-0.3, -0.25) is 38.9 Å². The number of carbonyl (C=O) groups is 10. The van der Waals surface area contributed by atoms with Gasteiger partial charge in [0, 0.05) is 44.6 Å². The smallest absolute Gasteiger partial charge is 0.237 e. The van der Waals surface area contributed by atoms with Crippen LogP contribution in [0.4, 0.5) is 0 Å². The number of ketones is 7. The van der Waals surface area contributed by atoms with Crippen LogP contribution >= 0.6 is 0 Å². The number of Topliss-reactive ketones (excluding diaryl/α,β-unsaturated/α-hetero) is 7. The van der Waals surface area contributed by atoms with Crippen molar-refractivity contribution in [1.82, 2.24) is 21.3 Å². The molecule has 0 aliphatic rings. The Bertz CT molecular complexity index is 1170. The molecule has 0 heterocycles. The summed E-state index contributed by atoms with van der Waals surface area (Å²) < 4.78 is 0. The Labute approximate surface area is 270 Å². The molecule has 5 atom stereocenters. The fourth-order valence-electron chi connectivity index (χ4n) is 4.58. The Morgan fingerprint density at radius 3 is 1.20 bits per heavy atom. The molecule has 14 heteroatoms. The topological polar surface area (TPSA) is 219 Å². The van der Waals surface area contributed by atoms with Gasteiger partial charge in [0.1, 0.15) is 28.9 Å². The van der Waals surface area contributed by atoms with E-state index in [1.807, 2.05) is 0 Å². The standard InChI is InChI=1S/C32H50N4O10/c1-18(37)8-11-26(22(5)41)34-29(14-15-30(44)35-27(23(6)42)12-9-19(2)38)32(46)33-25(16-21(4)40)17-31(45)36-28(24(7)43)13-10-20(3)39/h25-29,34H,8-17H2,1-7H3,(H,33,46)(H,35,44)(H,36,45). The SMILES string of the molecule is CC(=O)CCC(NC(=O)CCC(NC(CCC(C)=O)C(C)=O)C(=O)NC(CC(C)=O)CC(=O)NC(CCC(C)=O)C(C)=O)C(C)=O. The zero-order valence-corrected chi connectivity index (χ0v) is 28.0. The highest BCUT2D eigenvalue weighted by Crippen LogP contribution is 2.10. The van der Waals surface area contributed by atoms with E-state index < -0.39 is 47.9 Å². The van der Waals surface area contributed by atoms with Crippen LogP contribution in [0.3, 0.4) is 0 Å². The van der Waals surface area contributed by atoms with E-state index >= 15 is 0 Å². The monoisotopic (exact) mass is 650 g/mol. The van der Waals surface area contributed by atoms with Gasteiger partial charge in [-0.1, -0.05) is 0 Å². The molecular weight excluding hydrogens is 600 g/mol. The molecule has 4 N–H and O–H groups in total. The number of hydrogen-bond donors (Lipinski definition) is 4. The van der Waals surface area contributed by atoms with E-state index in [0.29, 0.717) is 0 Å². The van der Waals surface area contributed by atoms with Gasteiger partial charge < -0.3 is 30.3 Å². The quantitative estimate of drug-likeness (QED) is 0.108. The molecule has 0 saturated heterocycles. The molecule has 0 radical (unpaired) electrons. The summed E-state index contributed by atoms with van der Waals surface area (Å²) in [4.78, 5) is 122. The Morgan fingerprint density at radius 2 is 0.804 bits per heavy atom. The maximum atomic E-state index is 13.5. The zero-order chi connectivity index (χ0) is 35.6. The average molecular weight is 651 g/mol. The fraction of sp³-hybridized carbons (Fsp3) is 0.688. The Balaban J connectivity index is 5.93. The molecule has 0 fully saturated rings. The lowest BCUT2D eigenvalue weighted by Gasteiger charge is -2.26. The number of carbonyl (C=O) groups excluding carboxylic acids is 10. The number of amides is 3. The van der Waals surface area contributed by atoms with Gasteiger partial charge in [-0.2, -0.15) is 0 Å². The van der Waals surface area contributed by atoms with Gasteiger partial charge in [-0.15, -0.1) is 0 Å². The molecule has 46 heavy (non-hydrogen) atoms. The number of hydrogen-bond acceptors (Lipinski definition) is 11. The van der Waals surface area contributed by atoms with Crippen LogP contribution in [0.25, 0.3) is 0 Å². The lowest BCUT2D eigenvalue weighted by molar-refractivity contribution is -0.130. The lowest BCUT2D eigenvalue weighted by Crippen LogP contribution is -2.54. The molecule has 14 nitrogen and oxygen atoms in total. The molecule has 5 unspecified atom stereocenters. The van der Waals surface area contributed by atoms with Crippen LogP contribution in [-0.4, -0.2) is 88.4 Å². The second-order valence-electron chi connectivity index (χ2n) is 11.9. The van der Waals surface area contributed by atoms with Crippen LogP contribution in [-0.2, 0) is 47.9 Å². The van der Waals surface area contributed by atoms with Crippen LogP contribution < -0.4 is 21.3 Å². The largest absolute Gasteiger partial charge is 0.351 e. The van der Waals surface area contributed by atoms with Gasteiger partial charge >= 0.3 is 0 Å². The Morgan fingerprint density at radius 1 is 0.413 bits per heavy atom. The highest BCUT2D eigenvalue weighted by molar-refractivity contribution is 5.91. The predicted molar refractivity (Wildman–Crippen MR) is 167 cm³/mol. The summed E-state index contributed by atoms with van der Waals surface area (Å²) in [5.41, 5.74) is 0. The summed E-state index contributed by atoms with van der Waals surface area (Å²) in [7, 11) is 0. The predicted octanol–water partition coefficient (Wildman–Crippen LogP) is 0.792. The van der Waals surface area contributed by atoms with Crippen molar-refractivity contribution in [3.8, 4) is 0 Å². The molecule has 0 saturated carbocycles. The minimum absolute atomic E-state index is 0.0522. The van der Waals surface area contributed by atoms with E-state index in [9.17, 15) is 47.9 Å². The zero-order valence-electron chi connectivity index (χ0n) is 28.0. The van der Waals surface area contributed by atoms with Crippen molar-refractivity contribution >= 4 is 58.2 Å². The first kappa shape index (κ1) is 42.1. The van der Waals surface area contributed by atoms with Crippen molar-refractivity contribution in [2.45, 2.75) is 143 Å². The first-order chi connectivity index (χ1) is 21.3. The van der Waals surface area contributed by atoms with Crippen molar-refractivity contribution in [2.24, 2.45) is 0 Å². The molecule has 0 rings (SSSR count). The maximum Gasteiger partial charge on any atom is 0.237 e. The van der Waals surface area contributed by atoms with Gasteiger partial charge in [-0.25, -0.2) is 0 Å². The molecule has 0 aliphatic carbocycles. The van der Waals surface area contributed by atoms with E-state index in [4.69, 9.17) is 0 Å². The van der Waals surface area contributed by atoms with Crippen LogP contribution in [0, 0.1) is 0 Å². The third-order valence-electron chi connectivity index (χ3n) is 7.19. The first-order valence-electron chi connectivity index (χ1n) is 15.5. The second-order valence-corrected chi connectivity index (χ2v) is 11.9. The molecule has 0 bridgehead atoms. The molecular formula is C32H50N4O10. The summed E-state index contributed by atoms with van der Waals surface area (Å²) in [5.74, 6) is -3.82. The normalized spacial score (nSPS) is 14.1. The highest BCUT2D eigenvalue weighted by atomic mass is 16.2. The molecule has 0 aliphatic heterocycles. The fourth-order valence-corrected chi connectivity index (χ4v) is 4.58. The minimum Gasteiger partial charge on any atom is -0.351 e. The van der Waals surface area contributed by atoms with Gasteiger partial charge in [0.05, 0.1) is 24.2 Å². The summed E-state index contributed by atoms with van der Waals surface area (Å²) in [6, 6.07) is -4.94. The molecule has 0 spiro atoms. The minimum atomic E-state index is -1.18. The van der Waals surface area contributed by atoms with Crippen molar-refractivity contribution in [3.05, 3.63) is 0 Å². The summed E-state index contributed by atoms with van der Waals surface area (Å²) >= 11 is 0. The summed E-state index contributed by atoms with van der Waals surface area (Å²) in [6.07, 6.45) is -0.520. The molecule has 3 amide bonds. The Kier molecular flexibility index (Phi) is 19.9. The summed E-state index contributed by atoms with van der Waals surface area (Å²) in [6.45, 7) is 9.19. The van der Waals surface area contributed by atoms with Gasteiger partial charge in [0.2, 0.25) is 17.7 Å². The third kappa shape index (κ3) is 19.4. The van der Waals surface area contributed by atoms with Crippen molar-refractivity contribution in [3.63, 3.8) is 0 Å². The van der Waals surface area contributed by atoms with Gasteiger partial charge in [0.15, 0.2) is 11.6 Å². The van der Waals surface area contributed by atoms with Gasteiger partial charge in [0.25, 0.3) is 0 Å². The van der Waals surface area contributed by atoms with Crippen molar-refractivity contribution < 1.29 is 47.9 Å². The van der Waals surface area contributed by atoms with Crippen LogP contribution in [0.5, 0.6) is 0 Å². The number of nitrogens with one attached hydrogen (secondary N) is 4. The van der Waals surface area contributed by atoms with E-state index in [-0.39, 0.29) is 105 Å². The van der Waals surface area contributed by atoms with Crippen LogP contribution in [0.1, 0.15) is 113 Å².